The molecule has 0 radical (unpaired) electrons. The summed E-state index contributed by atoms with van der Waals surface area (Å²) in [5, 5.41) is 2.96. The van der Waals surface area contributed by atoms with Crippen molar-refractivity contribution < 1.29 is 14.3 Å². The summed E-state index contributed by atoms with van der Waals surface area (Å²) in [6.07, 6.45) is 1.33. The van der Waals surface area contributed by atoms with Crippen LogP contribution >= 0.6 is 0 Å². The van der Waals surface area contributed by atoms with Gasteiger partial charge >= 0.3 is 0 Å². The van der Waals surface area contributed by atoms with Crippen LogP contribution in [0.5, 0.6) is 5.75 Å². The molecule has 1 saturated heterocycles. The smallest absolute Gasteiger partial charge is 0.227 e. The summed E-state index contributed by atoms with van der Waals surface area (Å²) >= 11 is 0. The highest BCUT2D eigenvalue weighted by Crippen LogP contribution is 2.33. The first kappa shape index (κ1) is 21.6. The van der Waals surface area contributed by atoms with E-state index in [2.05, 4.69) is 22.0 Å². The van der Waals surface area contributed by atoms with E-state index in [1.165, 1.54) is 0 Å². The van der Waals surface area contributed by atoms with Crippen LogP contribution in [0.25, 0.3) is 0 Å². The van der Waals surface area contributed by atoms with Crippen LogP contribution in [0.3, 0.4) is 0 Å². The maximum absolute atomic E-state index is 12.7. The van der Waals surface area contributed by atoms with Gasteiger partial charge in [0.05, 0.1) is 12.2 Å². The van der Waals surface area contributed by atoms with E-state index in [4.69, 9.17) is 4.74 Å². The van der Waals surface area contributed by atoms with Crippen LogP contribution in [0, 0.1) is 0 Å². The van der Waals surface area contributed by atoms with Gasteiger partial charge in [-0.3, -0.25) is 9.59 Å². The monoisotopic (exact) mass is 402 g/mol. The standard InChI is InChI=1S/C22H34N4O3/c1-3-24-13-15-25(16-14-24)12-6-11-23-21(27)9-10-22(28)26-17-18(2)29-20-8-5-4-7-19(20)26/h4-5,7-8,18H,3,6,9-17H2,1-2H3,(H,23,27). The second kappa shape index (κ2) is 10.6. The molecule has 2 amide bonds. The van der Waals surface area contributed by atoms with Crippen LogP contribution < -0.4 is 15.0 Å². The molecule has 0 aliphatic carbocycles. The van der Waals surface area contributed by atoms with E-state index in [0.717, 1.165) is 57.1 Å². The van der Waals surface area contributed by atoms with Crippen molar-refractivity contribution in [3.63, 3.8) is 0 Å². The number of ether oxygens (including phenoxy) is 1. The van der Waals surface area contributed by atoms with Crippen molar-refractivity contribution in [3.8, 4) is 5.75 Å². The third kappa shape index (κ3) is 6.18. The molecule has 1 aromatic rings. The van der Waals surface area contributed by atoms with E-state index in [1.807, 2.05) is 31.2 Å². The molecule has 1 fully saturated rings. The molecule has 1 aromatic carbocycles. The fourth-order valence-corrected chi connectivity index (χ4v) is 3.93. The third-order valence-electron chi connectivity index (χ3n) is 5.68. The number of piperazine rings is 1. The molecule has 1 atom stereocenters. The number of hydrogen-bond acceptors (Lipinski definition) is 5. The van der Waals surface area contributed by atoms with Crippen molar-refractivity contribution in [1.29, 1.82) is 0 Å². The van der Waals surface area contributed by atoms with Crippen LogP contribution in [0.15, 0.2) is 24.3 Å². The Kier molecular flexibility index (Phi) is 7.89. The Morgan fingerprint density at radius 1 is 1.10 bits per heavy atom. The quantitative estimate of drug-likeness (QED) is 0.671. The molecule has 0 saturated carbocycles. The molecule has 0 bridgehead atoms. The lowest BCUT2D eigenvalue weighted by molar-refractivity contribution is -0.125. The van der Waals surface area contributed by atoms with Gasteiger partial charge in [-0.2, -0.15) is 0 Å². The van der Waals surface area contributed by atoms with Gasteiger partial charge in [-0.1, -0.05) is 19.1 Å². The van der Waals surface area contributed by atoms with Gasteiger partial charge in [0.1, 0.15) is 11.9 Å². The topological polar surface area (TPSA) is 65.1 Å². The van der Waals surface area contributed by atoms with Crippen molar-refractivity contribution in [3.05, 3.63) is 24.3 Å². The van der Waals surface area contributed by atoms with Gasteiger partial charge in [-0.05, 0) is 38.6 Å². The molecule has 1 N–H and O–H groups in total. The number of rotatable bonds is 8. The van der Waals surface area contributed by atoms with Crippen LogP contribution in [0.2, 0.25) is 0 Å². The number of amides is 2. The molecule has 1 unspecified atom stereocenters. The van der Waals surface area contributed by atoms with Gasteiger partial charge in [0.25, 0.3) is 0 Å². The Morgan fingerprint density at radius 3 is 2.59 bits per heavy atom. The highest BCUT2D eigenvalue weighted by molar-refractivity contribution is 5.97. The maximum Gasteiger partial charge on any atom is 0.227 e. The minimum atomic E-state index is -0.0538. The van der Waals surface area contributed by atoms with E-state index in [1.54, 1.807) is 4.90 Å². The number of nitrogens with one attached hydrogen (secondary N) is 1. The maximum atomic E-state index is 12.7. The van der Waals surface area contributed by atoms with Crippen molar-refractivity contribution in [2.24, 2.45) is 0 Å². The Labute approximate surface area is 174 Å². The summed E-state index contributed by atoms with van der Waals surface area (Å²) in [7, 11) is 0. The Morgan fingerprint density at radius 2 is 1.83 bits per heavy atom. The number of anilines is 1. The van der Waals surface area contributed by atoms with Gasteiger partial charge in [0, 0.05) is 45.6 Å². The first-order valence-corrected chi connectivity index (χ1v) is 10.8. The Hall–Kier alpha value is -2.12. The van der Waals surface area contributed by atoms with Crippen LogP contribution in [-0.4, -0.2) is 80.1 Å². The van der Waals surface area contributed by atoms with Crippen molar-refractivity contribution in [2.75, 3.05) is 57.3 Å². The van der Waals surface area contributed by atoms with Gasteiger partial charge in [0.2, 0.25) is 11.8 Å². The number of benzene rings is 1. The highest BCUT2D eigenvalue weighted by atomic mass is 16.5. The molecule has 2 aliphatic heterocycles. The molecule has 29 heavy (non-hydrogen) atoms. The Balaban J connectivity index is 1.34. The Bertz CT molecular complexity index is 688. The van der Waals surface area contributed by atoms with Crippen molar-refractivity contribution >= 4 is 17.5 Å². The summed E-state index contributed by atoms with van der Waals surface area (Å²) in [5.41, 5.74) is 0.791. The zero-order valence-electron chi connectivity index (χ0n) is 17.7. The number of likely N-dealkylation sites (N-methyl/N-ethyl adjacent to an activating group) is 1. The average molecular weight is 403 g/mol. The summed E-state index contributed by atoms with van der Waals surface area (Å²) in [6, 6.07) is 7.56. The largest absolute Gasteiger partial charge is 0.487 e. The number of para-hydroxylation sites is 2. The molecule has 7 nitrogen and oxygen atoms in total. The van der Waals surface area contributed by atoms with E-state index in [9.17, 15) is 9.59 Å². The SMILES string of the molecule is CCN1CCN(CCCNC(=O)CCC(=O)N2CC(C)Oc3ccccc32)CC1. The molecule has 7 heteroatoms. The van der Waals surface area contributed by atoms with Crippen LogP contribution in [-0.2, 0) is 9.59 Å². The molecule has 160 valence electrons. The number of nitrogens with zero attached hydrogens (tertiary/aromatic N) is 3. The van der Waals surface area contributed by atoms with Crippen LogP contribution in [0.1, 0.15) is 33.1 Å². The second-order valence-electron chi connectivity index (χ2n) is 7.88. The number of fused-ring (bicyclic) bond motifs is 1. The first-order valence-electron chi connectivity index (χ1n) is 10.8. The fraction of sp³-hybridized carbons (Fsp3) is 0.636. The predicted octanol–water partition coefficient (Wildman–Crippen LogP) is 1.72. The van der Waals surface area contributed by atoms with Crippen LogP contribution in [0.4, 0.5) is 5.69 Å². The molecule has 0 aromatic heterocycles. The van der Waals surface area contributed by atoms with Crippen molar-refractivity contribution in [1.82, 2.24) is 15.1 Å². The number of carbonyl (C=O) groups excluding carboxylic acids is 2. The molecule has 0 spiro atoms. The number of carbonyl (C=O) groups is 2. The molecular weight excluding hydrogens is 368 g/mol. The lowest BCUT2D eigenvalue weighted by Crippen LogP contribution is -2.46. The van der Waals surface area contributed by atoms with Gasteiger partial charge in [-0.25, -0.2) is 0 Å². The van der Waals surface area contributed by atoms with E-state index in [0.29, 0.717) is 13.1 Å². The van der Waals surface area contributed by atoms with E-state index in [-0.39, 0.29) is 30.8 Å². The van der Waals surface area contributed by atoms with E-state index >= 15 is 0 Å². The molecule has 2 aliphatic rings. The van der Waals surface area contributed by atoms with Crippen molar-refractivity contribution in [2.45, 2.75) is 39.2 Å². The lowest BCUT2D eigenvalue weighted by Gasteiger charge is -2.34. The normalized spacial score (nSPS) is 20.1. The second-order valence-corrected chi connectivity index (χ2v) is 7.88. The summed E-state index contributed by atoms with van der Waals surface area (Å²) < 4.78 is 5.79. The number of hydrogen-bond donors (Lipinski definition) is 1. The predicted molar refractivity (Wildman–Crippen MR) is 114 cm³/mol. The summed E-state index contributed by atoms with van der Waals surface area (Å²) in [5.74, 6) is 0.643. The molecule has 2 heterocycles. The first-order chi connectivity index (χ1) is 14.1. The van der Waals surface area contributed by atoms with Gasteiger partial charge in [-0.15, -0.1) is 0 Å². The third-order valence-corrected chi connectivity index (χ3v) is 5.68. The summed E-state index contributed by atoms with van der Waals surface area (Å²) in [4.78, 5) is 31.5. The minimum Gasteiger partial charge on any atom is -0.487 e. The zero-order chi connectivity index (χ0) is 20.6. The zero-order valence-corrected chi connectivity index (χ0v) is 17.7. The van der Waals surface area contributed by atoms with E-state index < -0.39 is 0 Å². The van der Waals surface area contributed by atoms with Gasteiger partial charge in [0.15, 0.2) is 0 Å². The van der Waals surface area contributed by atoms with Gasteiger partial charge < -0.3 is 24.8 Å². The lowest BCUT2D eigenvalue weighted by atomic mass is 10.1. The summed E-state index contributed by atoms with van der Waals surface area (Å²) in [6.45, 7) is 11.9. The molecule has 3 rings (SSSR count). The fourth-order valence-electron chi connectivity index (χ4n) is 3.93. The highest BCUT2D eigenvalue weighted by Gasteiger charge is 2.27. The average Bonchev–Trinajstić information content (AvgIpc) is 2.74. The molecular formula is C22H34N4O3. The minimum absolute atomic E-state index is 0.0310.